The summed E-state index contributed by atoms with van der Waals surface area (Å²) in [5.74, 6) is -0.232. The van der Waals surface area contributed by atoms with E-state index in [0.717, 1.165) is 0 Å². The summed E-state index contributed by atoms with van der Waals surface area (Å²) in [4.78, 5) is 36.1. The Bertz CT molecular complexity index is 678. The van der Waals surface area contributed by atoms with Crippen LogP contribution in [0, 0.1) is 0 Å². The van der Waals surface area contributed by atoms with Crippen molar-refractivity contribution in [3.63, 3.8) is 0 Å². The van der Waals surface area contributed by atoms with Gasteiger partial charge in [-0.3, -0.25) is 14.5 Å². The van der Waals surface area contributed by atoms with Gasteiger partial charge in [0.15, 0.2) is 0 Å². The van der Waals surface area contributed by atoms with Crippen molar-refractivity contribution in [2.45, 2.75) is 18.6 Å². The van der Waals surface area contributed by atoms with Crippen molar-refractivity contribution in [3.05, 3.63) is 29.8 Å². The van der Waals surface area contributed by atoms with Crippen molar-refractivity contribution in [2.75, 3.05) is 32.9 Å². The minimum absolute atomic E-state index is 0.0454. The van der Waals surface area contributed by atoms with Crippen LogP contribution in [0.15, 0.2) is 24.3 Å². The zero-order valence-electron chi connectivity index (χ0n) is 14.2. The van der Waals surface area contributed by atoms with Gasteiger partial charge in [0.2, 0.25) is 11.8 Å². The minimum Gasteiger partial charge on any atom is -0.486 e. The summed E-state index contributed by atoms with van der Waals surface area (Å²) in [5, 5.41) is 2.90. The number of hydrogen-bond acceptors (Lipinski definition) is 6. The Morgan fingerprint density at radius 3 is 2.69 bits per heavy atom. The molecular weight excluding hydrogens is 342 g/mol. The van der Waals surface area contributed by atoms with Crippen LogP contribution in [0.1, 0.15) is 16.8 Å². The second-order valence-corrected chi connectivity index (χ2v) is 6.12. The molecule has 0 bridgehead atoms. The number of carbonyl (C=O) groups excluding carboxylic acids is 3. The second kappa shape index (κ2) is 8.05. The summed E-state index contributed by atoms with van der Waals surface area (Å²) in [6.07, 6.45) is -0.257. The zero-order valence-corrected chi connectivity index (χ0v) is 14.2. The maximum absolute atomic E-state index is 12.2. The number of nitrogens with two attached hydrogens (primary N) is 1. The predicted octanol–water partition coefficient (Wildman–Crippen LogP) is -0.110. The second-order valence-electron chi connectivity index (χ2n) is 6.12. The van der Waals surface area contributed by atoms with Crippen molar-refractivity contribution >= 4 is 17.9 Å². The van der Waals surface area contributed by atoms with Gasteiger partial charge in [0.25, 0.3) is 0 Å². The Morgan fingerprint density at radius 2 is 2.04 bits per heavy atom. The van der Waals surface area contributed by atoms with Gasteiger partial charge in [-0.1, -0.05) is 0 Å². The van der Waals surface area contributed by atoms with E-state index in [9.17, 15) is 14.4 Å². The fourth-order valence-corrected chi connectivity index (χ4v) is 2.86. The lowest BCUT2D eigenvalue weighted by Crippen LogP contribution is -2.53. The summed E-state index contributed by atoms with van der Waals surface area (Å²) in [7, 11) is 0. The molecule has 2 aliphatic heterocycles. The van der Waals surface area contributed by atoms with Crippen LogP contribution in [-0.2, 0) is 14.3 Å². The number of ether oxygens (including phenoxy) is 3. The Kier molecular flexibility index (Phi) is 5.57. The molecule has 1 aromatic carbocycles. The maximum atomic E-state index is 12.2. The molecule has 2 saturated heterocycles. The lowest BCUT2D eigenvalue weighted by Gasteiger charge is -2.32. The highest BCUT2D eigenvalue weighted by atomic mass is 16.6. The van der Waals surface area contributed by atoms with Crippen molar-refractivity contribution in [1.29, 1.82) is 0 Å². The highest BCUT2D eigenvalue weighted by Crippen LogP contribution is 2.18. The Hall–Kier alpha value is -2.81. The first-order valence-corrected chi connectivity index (χ1v) is 8.38. The van der Waals surface area contributed by atoms with Gasteiger partial charge in [-0.15, -0.1) is 0 Å². The van der Waals surface area contributed by atoms with Crippen LogP contribution in [-0.4, -0.2) is 67.9 Å². The number of hydrogen-bond donors (Lipinski definition) is 2. The molecule has 3 N–H and O–H groups in total. The van der Waals surface area contributed by atoms with E-state index >= 15 is 0 Å². The lowest BCUT2D eigenvalue weighted by atomic mass is 10.1. The molecule has 0 unspecified atom stereocenters. The predicted molar refractivity (Wildman–Crippen MR) is 89.7 cm³/mol. The maximum Gasteiger partial charge on any atom is 0.410 e. The van der Waals surface area contributed by atoms with Crippen molar-refractivity contribution in [2.24, 2.45) is 5.73 Å². The van der Waals surface area contributed by atoms with Gasteiger partial charge in [0.1, 0.15) is 25.0 Å². The Labute approximate surface area is 150 Å². The monoisotopic (exact) mass is 363 g/mol. The Balaban J connectivity index is 1.57. The molecule has 140 valence electrons. The summed E-state index contributed by atoms with van der Waals surface area (Å²) in [6.45, 7) is 1.50. The first-order valence-electron chi connectivity index (χ1n) is 8.38. The van der Waals surface area contributed by atoms with Crippen molar-refractivity contribution < 1.29 is 28.6 Å². The van der Waals surface area contributed by atoms with E-state index in [-0.39, 0.29) is 24.6 Å². The highest BCUT2D eigenvalue weighted by Gasteiger charge is 2.31. The van der Waals surface area contributed by atoms with Crippen LogP contribution >= 0.6 is 0 Å². The average Bonchev–Trinajstić information content (AvgIpc) is 3.02. The number of benzene rings is 1. The minimum atomic E-state index is -0.511. The van der Waals surface area contributed by atoms with Crippen LogP contribution in [0.5, 0.6) is 5.75 Å². The number of rotatable bonds is 6. The van der Waals surface area contributed by atoms with Crippen LogP contribution < -0.4 is 15.8 Å². The molecule has 9 heteroatoms. The molecule has 0 spiro atoms. The van der Waals surface area contributed by atoms with Crippen molar-refractivity contribution in [3.8, 4) is 5.75 Å². The molecule has 0 radical (unpaired) electrons. The number of primary amides is 1. The van der Waals surface area contributed by atoms with E-state index < -0.39 is 12.0 Å². The normalized spacial score (nSPS) is 22.6. The summed E-state index contributed by atoms with van der Waals surface area (Å²) in [6, 6.07) is 6.20. The molecule has 2 atom stereocenters. The number of carbonyl (C=O) groups is 3. The SMILES string of the molecule is NC(=O)c1ccc(O[C@@H]2COCC[C@H]2NC(=O)CN2CCOC2=O)cc1. The zero-order chi connectivity index (χ0) is 18.5. The highest BCUT2D eigenvalue weighted by molar-refractivity contribution is 5.92. The quantitative estimate of drug-likeness (QED) is 0.728. The molecule has 2 aliphatic rings. The third-order valence-electron chi connectivity index (χ3n) is 4.26. The molecule has 3 rings (SSSR count). The van der Waals surface area contributed by atoms with Crippen molar-refractivity contribution in [1.82, 2.24) is 10.2 Å². The number of cyclic esters (lactones) is 1. The van der Waals surface area contributed by atoms with Gasteiger partial charge < -0.3 is 25.3 Å². The van der Waals surface area contributed by atoms with Crippen LogP contribution in [0.2, 0.25) is 0 Å². The van der Waals surface area contributed by atoms with E-state index in [4.69, 9.17) is 19.9 Å². The molecule has 1 aromatic rings. The van der Waals surface area contributed by atoms with Gasteiger partial charge in [-0.2, -0.15) is 0 Å². The molecule has 0 aliphatic carbocycles. The molecule has 0 aromatic heterocycles. The molecule has 9 nitrogen and oxygen atoms in total. The molecule has 3 amide bonds. The largest absolute Gasteiger partial charge is 0.486 e. The Morgan fingerprint density at radius 1 is 1.27 bits per heavy atom. The van der Waals surface area contributed by atoms with Gasteiger partial charge in [0.05, 0.1) is 19.2 Å². The van der Waals surface area contributed by atoms with Gasteiger partial charge in [-0.05, 0) is 30.7 Å². The molecule has 26 heavy (non-hydrogen) atoms. The number of nitrogens with one attached hydrogen (secondary N) is 1. The molecule has 0 saturated carbocycles. The third-order valence-corrected chi connectivity index (χ3v) is 4.26. The van der Waals surface area contributed by atoms with E-state index in [1.807, 2.05) is 0 Å². The lowest BCUT2D eigenvalue weighted by molar-refractivity contribution is -0.124. The van der Waals surface area contributed by atoms with Gasteiger partial charge >= 0.3 is 6.09 Å². The third kappa shape index (κ3) is 4.42. The molecular formula is C17H21N3O6. The van der Waals surface area contributed by atoms with E-state index in [0.29, 0.717) is 44.1 Å². The average molecular weight is 363 g/mol. The smallest absolute Gasteiger partial charge is 0.410 e. The van der Waals surface area contributed by atoms with E-state index in [1.165, 1.54) is 4.90 Å². The molecule has 2 fully saturated rings. The van der Waals surface area contributed by atoms with Crippen LogP contribution in [0.4, 0.5) is 4.79 Å². The molecule has 2 heterocycles. The van der Waals surface area contributed by atoms with Gasteiger partial charge in [-0.25, -0.2) is 4.79 Å². The number of amides is 3. The standard InChI is InChI=1S/C17H21N3O6/c18-16(22)11-1-3-12(4-2-11)26-14-10-24-7-5-13(14)19-15(21)9-20-6-8-25-17(20)23/h1-4,13-14H,5-10H2,(H2,18,22)(H,19,21)/t13-,14-/m1/s1. The van der Waals surface area contributed by atoms with E-state index in [2.05, 4.69) is 5.32 Å². The first-order chi connectivity index (χ1) is 12.5. The fraction of sp³-hybridized carbons (Fsp3) is 0.471. The summed E-state index contributed by atoms with van der Waals surface area (Å²) >= 11 is 0. The van der Waals surface area contributed by atoms with Gasteiger partial charge in [0, 0.05) is 12.2 Å². The van der Waals surface area contributed by atoms with Crippen LogP contribution in [0.25, 0.3) is 0 Å². The van der Waals surface area contributed by atoms with E-state index in [1.54, 1.807) is 24.3 Å². The topological polar surface area (TPSA) is 120 Å². The first kappa shape index (κ1) is 18.0. The summed E-state index contributed by atoms with van der Waals surface area (Å²) < 4.78 is 16.2. The number of nitrogens with zero attached hydrogens (tertiary/aromatic N) is 1. The fourth-order valence-electron chi connectivity index (χ4n) is 2.86. The van der Waals surface area contributed by atoms with Crippen LogP contribution in [0.3, 0.4) is 0 Å². The summed E-state index contributed by atoms with van der Waals surface area (Å²) in [5.41, 5.74) is 5.61.